The maximum Gasteiger partial charge on any atom is 0.240 e. The molecule has 0 amide bonds. The second-order valence-electron chi connectivity index (χ2n) is 3.33. The molecule has 1 aromatic heterocycles. The van der Waals surface area contributed by atoms with Gasteiger partial charge in [0.15, 0.2) is 0 Å². The van der Waals surface area contributed by atoms with Crippen molar-refractivity contribution in [3.63, 3.8) is 0 Å². The average molecular weight is 284 g/mol. The quantitative estimate of drug-likeness (QED) is 0.880. The number of phenolic OH excluding ortho intramolecular Hbond substituents is 1. The Bertz CT molecular complexity index is 525. The number of rotatable bonds is 2. The van der Waals surface area contributed by atoms with Crippen molar-refractivity contribution in [2.24, 2.45) is 5.73 Å². The molecule has 2 aromatic rings. The molecule has 0 saturated heterocycles. The van der Waals surface area contributed by atoms with Gasteiger partial charge in [-0.3, -0.25) is 0 Å². The van der Waals surface area contributed by atoms with Gasteiger partial charge in [0.2, 0.25) is 11.7 Å². The van der Waals surface area contributed by atoms with E-state index < -0.39 is 0 Å². The lowest BCUT2D eigenvalue weighted by molar-refractivity contribution is 0.380. The molecule has 1 aromatic carbocycles. The lowest BCUT2D eigenvalue weighted by Gasteiger charge is -2.03. The minimum atomic E-state index is 0.116. The van der Waals surface area contributed by atoms with Crippen LogP contribution in [0.5, 0.6) is 5.75 Å². The lowest BCUT2D eigenvalue weighted by Crippen LogP contribution is -1.95. The predicted molar refractivity (Wildman–Crippen MR) is 61.7 cm³/mol. The number of halogens is 1. The van der Waals surface area contributed by atoms with Gasteiger partial charge in [-0.1, -0.05) is 21.1 Å². The summed E-state index contributed by atoms with van der Waals surface area (Å²) in [5, 5.41) is 13.5. The number of hydrogen-bond acceptors (Lipinski definition) is 5. The Balaban J connectivity index is 2.51. The van der Waals surface area contributed by atoms with E-state index in [1.54, 1.807) is 12.1 Å². The first kappa shape index (κ1) is 11.1. The van der Waals surface area contributed by atoms with Crippen molar-refractivity contribution < 1.29 is 9.63 Å². The minimum Gasteiger partial charge on any atom is -0.507 e. The molecule has 0 bridgehead atoms. The van der Waals surface area contributed by atoms with Crippen LogP contribution in [0.2, 0.25) is 0 Å². The molecule has 1 heterocycles. The Morgan fingerprint density at radius 2 is 2.25 bits per heavy atom. The molecule has 6 heteroatoms. The highest BCUT2D eigenvalue weighted by molar-refractivity contribution is 9.10. The zero-order chi connectivity index (χ0) is 11.7. The average Bonchev–Trinajstić information content (AvgIpc) is 2.71. The highest BCUT2D eigenvalue weighted by atomic mass is 79.9. The Hall–Kier alpha value is -1.40. The number of aromatic hydroxyl groups is 1. The zero-order valence-corrected chi connectivity index (χ0v) is 10.2. The van der Waals surface area contributed by atoms with Gasteiger partial charge in [-0.15, -0.1) is 0 Å². The van der Waals surface area contributed by atoms with Crippen LogP contribution in [0.25, 0.3) is 11.4 Å². The van der Waals surface area contributed by atoms with Crippen LogP contribution in [-0.4, -0.2) is 15.2 Å². The van der Waals surface area contributed by atoms with E-state index in [0.29, 0.717) is 17.3 Å². The van der Waals surface area contributed by atoms with Crippen LogP contribution in [0.1, 0.15) is 11.5 Å². The van der Waals surface area contributed by atoms with Crippen molar-refractivity contribution >= 4 is 15.9 Å². The van der Waals surface area contributed by atoms with Gasteiger partial charge >= 0.3 is 0 Å². The topological polar surface area (TPSA) is 85.2 Å². The fourth-order valence-electron chi connectivity index (χ4n) is 1.29. The van der Waals surface area contributed by atoms with Crippen LogP contribution < -0.4 is 5.73 Å². The van der Waals surface area contributed by atoms with Crippen LogP contribution in [-0.2, 0) is 6.54 Å². The molecule has 0 atom stereocenters. The number of benzene rings is 1. The Morgan fingerprint density at radius 1 is 1.50 bits per heavy atom. The summed E-state index contributed by atoms with van der Waals surface area (Å²) in [5.41, 5.74) is 6.81. The second-order valence-corrected chi connectivity index (χ2v) is 4.19. The van der Waals surface area contributed by atoms with Crippen molar-refractivity contribution in [3.05, 3.63) is 28.1 Å². The number of phenols is 1. The molecule has 0 aliphatic rings. The molecule has 0 saturated carbocycles. The van der Waals surface area contributed by atoms with E-state index in [4.69, 9.17) is 10.3 Å². The van der Waals surface area contributed by atoms with Gasteiger partial charge in [0.1, 0.15) is 5.75 Å². The normalized spacial score (nSPS) is 10.7. The summed E-state index contributed by atoms with van der Waals surface area (Å²) in [4.78, 5) is 4.05. The smallest absolute Gasteiger partial charge is 0.240 e. The first-order chi connectivity index (χ1) is 7.61. The Labute approximate surface area is 100 Å². The zero-order valence-electron chi connectivity index (χ0n) is 8.57. The summed E-state index contributed by atoms with van der Waals surface area (Å²) >= 11 is 3.38. The van der Waals surface area contributed by atoms with Gasteiger partial charge in [0.25, 0.3) is 0 Å². The molecular formula is C10H10BrN3O2. The third-order valence-corrected chi connectivity index (χ3v) is 3.01. The van der Waals surface area contributed by atoms with Crippen LogP contribution in [0.4, 0.5) is 0 Å². The molecule has 3 N–H and O–H groups in total. The van der Waals surface area contributed by atoms with Gasteiger partial charge in [0, 0.05) is 4.47 Å². The van der Waals surface area contributed by atoms with E-state index in [-0.39, 0.29) is 12.3 Å². The van der Waals surface area contributed by atoms with E-state index in [9.17, 15) is 5.11 Å². The fourth-order valence-corrected chi connectivity index (χ4v) is 1.64. The molecule has 0 unspecified atom stereocenters. The molecule has 0 aliphatic heterocycles. The molecule has 0 radical (unpaired) electrons. The number of nitrogens with zero attached hydrogens (tertiary/aromatic N) is 2. The SMILES string of the molecule is Cc1cc(O)c(-c2noc(CN)n2)cc1Br. The van der Waals surface area contributed by atoms with Gasteiger partial charge < -0.3 is 15.4 Å². The van der Waals surface area contributed by atoms with Crippen molar-refractivity contribution in [3.8, 4) is 17.1 Å². The summed E-state index contributed by atoms with van der Waals surface area (Å²) in [5.74, 6) is 0.787. The summed E-state index contributed by atoms with van der Waals surface area (Å²) < 4.78 is 5.76. The number of nitrogens with two attached hydrogens (primary N) is 1. The predicted octanol–water partition coefficient (Wildman–Crippen LogP) is 1.97. The molecule has 2 rings (SSSR count). The highest BCUT2D eigenvalue weighted by Crippen LogP contribution is 2.32. The second kappa shape index (κ2) is 4.23. The maximum atomic E-state index is 9.78. The van der Waals surface area contributed by atoms with E-state index in [1.807, 2.05) is 6.92 Å². The van der Waals surface area contributed by atoms with Crippen molar-refractivity contribution in [1.29, 1.82) is 0 Å². The molecule has 84 valence electrons. The third kappa shape index (κ3) is 1.94. The highest BCUT2D eigenvalue weighted by Gasteiger charge is 2.13. The summed E-state index contributed by atoms with van der Waals surface area (Å²) in [6.45, 7) is 2.07. The fraction of sp³-hybridized carbons (Fsp3) is 0.200. The van der Waals surface area contributed by atoms with E-state index in [2.05, 4.69) is 26.1 Å². The van der Waals surface area contributed by atoms with Gasteiger partial charge in [-0.05, 0) is 24.6 Å². The molecule has 0 aliphatic carbocycles. The van der Waals surface area contributed by atoms with Gasteiger partial charge in [-0.2, -0.15) is 4.98 Å². The van der Waals surface area contributed by atoms with Crippen molar-refractivity contribution in [2.75, 3.05) is 0 Å². The summed E-state index contributed by atoms with van der Waals surface area (Å²) in [6, 6.07) is 3.38. The Kier molecular flexibility index (Phi) is 2.93. The molecule has 16 heavy (non-hydrogen) atoms. The standard InChI is InChI=1S/C10H10BrN3O2/c1-5-2-8(15)6(3-7(5)11)10-13-9(4-12)16-14-10/h2-3,15H,4,12H2,1H3. The molecule has 5 nitrogen and oxygen atoms in total. The van der Waals surface area contributed by atoms with Crippen molar-refractivity contribution in [1.82, 2.24) is 10.1 Å². The van der Waals surface area contributed by atoms with E-state index in [1.165, 1.54) is 0 Å². The first-order valence-corrected chi connectivity index (χ1v) is 5.43. The van der Waals surface area contributed by atoms with Crippen LogP contribution in [0.3, 0.4) is 0 Å². The van der Waals surface area contributed by atoms with Gasteiger partial charge in [0.05, 0.1) is 12.1 Å². The Morgan fingerprint density at radius 3 is 2.88 bits per heavy atom. The largest absolute Gasteiger partial charge is 0.507 e. The maximum absolute atomic E-state index is 9.78. The molecular weight excluding hydrogens is 274 g/mol. The summed E-state index contributed by atoms with van der Waals surface area (Å²) in [7, 11) is 0. The third-order valence-electron chi connectivity index (χ3n) is 2.16. The van der Waals surface area contributed by atoms with E-state index in [0.717, 1.165) is 10.0 Å². The van der Waals surface area contributed by atoms with Crippen LogP contribution in [0, 0.1) is 6.92 Å². The molecule has 0 fully saturated rings. The van der Waals surface area contributed by atoms with Gasteiger partial charge in [-0.25, -0.2) is 0 Å². The lowest BCUT2D eigenvalue weighted by atomic mass is 10.1. The minimum absolute atomic E-state index is 0.116. The van der Waals surface area contributed by atoms with E-state index >= 15 is 0 Å². The van der Waals surface area contributed by atoms with Crippen molar-refractivity contribution in [2.45, 2.75) is 13.5 Å². The number of hydrogen-bond donors (Lipinski definition) is 2. The first-order valence-electron chi connectivity index (χ1n) is 4.64. The number of aromatic nitrogens is 2. The molecule has 0 spiro atoms. The van der Waals surface area contributed by atoms with Crippen LogP contribution in [0.15, 0.2) is 21.1 Å². The van der Waals surface area contributed by atoms with Crippen LogP contribution >= 0.6 is 15.9 Å². The number of aryl methyl sites for hydroxylation is 1. The monoisotopic (exact) mass is 283 g/mol. The summed E-state index contributed by atoms with van der Waals surface area (Å²) in [6.07, 6.45) is 0.